The van der Waals surface area contributed by atoms with Gasteiger partial charge in [-0.25, -0.2) is 4.79 Å². The summed E-state index contributed by atoms with van der Waals surface area (Å²) in [5.41, 5.74) is 0.0330. The van der Waals surface area contributed by atoms with Gasteiger partial charge in [-0.3, -0.25) is 0 Å². The molecule has 4 heteroatoms. The van der Waals surface area contributed by atoms with Gasteiger partial charge in [0.1, 0.15) is 17.1 Å². The van der Waals surface area contributed by atoms with Crippen molar-refractivity contribution in [2.24, 2.45) is 5.92 Å². The smallest absolute Gasteiger partial charge is 0.338 e. The van der Waals surface area contributed by atoms with Gasteiger partial charge in [0.15, 0.2) is 0 Å². The van der Waals surface area contributed by atoms with Gasteiger partial charge in [-0.2, -0.15) is 0 Å². The molecule has 2 aromatic rings. The number of carbonyl (C=O) groups is 1. The summed E-state index contributed by atoms with van der Waals surface area (Å²) in [5.74, 6) is 1.44. The van der Waals surface area contributed by atoms with Gasteiger partial charge in [-0.05, 0) is 70.1 Å². The lowest BCUT2D eigenvalue weighted by atomic mass is 9.83. The molecule has 0 unspecified atom stereocenters. The van der Waals surface area contributed by atoms with Crippen molar-refractivity contribution in [1.29, 1.82) is 0 Å². The minimum Gasteiger partial charge on any atom is -0.457 e. The Kier molecular flexibility index (Phi) is 5.39. The Labute approximate surface area is 149 Å². The molecule has 0 aliphatic carbocycles. The zero-order chi connectivity index (χ0) is 17.7. The minimum absolute atomic E-state index is 0.304. The summed E-state index contributed by atoms with van der Waals surface area (Å²) in [5, 5.41) is 3.35. The fraction of sp³-hybridized carbons (Fsp3) is 0.381. The molecule has 3 rings (SSSR count). The molecule has 0 atom stereocenters. The fourth-order valence-corrected chi connectivity index (χ4v) is 3.21. The van der Waals surface area contributed by atoms with Gasteiger partial charge < -0.3 is 14.8 Å². The molecular weight excluding hydrogens is 314 g/mol. The maximum Gasteiger partial charge on any atom is 0.338 e. The number of ether oxygens (including phenoxy) is 2. The third kappa shape index (κ3) is 4.60. The first-order valence-corrected chi connectivity index (χ1v) is 8.81. The van der Waals surface area contributed by atoms with Gasteiger partial charge in [0, 0.05) is 5.92 Å². The first kappa shape index (κ1) is 17.5. The van der Waals surface area contributed by atoms with E-state index in [1.165, 1.54) is 0 Å². The number of benzene rings is 2. The van der Waals surface area contributed by atoms with Crippen molar-refractivity contribution in [1.82, 2.24) is 5.32 Å². The quantitative estimate of drug-likeness (QED) is 0.820. The van der Waals surface area contributed by atoms with Crippen molar-refractivity contribution >= 4 is 5.97 Å². The molecule has 0 aromatic heterocycles. The predicted molar refractivity (Wildman–Crippen MR) is 98.0 cm³/mol. The second kappa shape index (κ2) is 7.70. The maximum atomic E-state index is 12.6. The van der Waals surface area contributed by atoms with Crippen LogP contribution in [0.3, 0.4) is 0 Å². The van der Waals surface area contributed by atoms with E-state index in [9.17, 15) is 4.79 Å². The van der Waals surface area contributed by atoms with Gasteiger partial charge in [0.05, 0.1) is 5.56 Å². The predicted octanol–water partition coefficient (Wildman–Crippen LogP) is 4.41. The largest absolute Gasteiger partial charge is 0.457 e. The van der Waals surface area contributed by atoms with Crippen LogP contribution >= 0.6 is 0 Å². The molecule has 0 spiro atoms. The Morgan fingerprint density at radius 3 is 2.40 bits per heavy atom. The van der Waals surface area contributed by atoms with Gasteiger partial charge in [0.25, 0.3) is 0 Å². The molecule has 1 aliphatic heterocycles. The minimum atomic E-state index is -0.477. The summed E-state index contributed by atoms with van der Waals surface area (Å²) in [6.45, 7) is 5.97. The summed E-state index contributed by atoms with van der Waals surface area (Å²) in [7, 11) is 0. The molecule has 2 aromatic carbocycles. The van der Waals surface area contributed by atoms with Crippen LogP contribution in [-0.4, -0.2) is 24.7 Å². The number of carbonyl (C=O) groups excluding carboxylic acids is 1. The van der Waals surface area contributed by atoms with Crippen LogP contribution < -0.4 is 10.1 Å². The van der Waals surface area contributed by atoms with Crippen molar-refractivity contribution in [3.05, 3.63) is 60.2 Å². The number of hydrogen-bond acceptors (Lipinski definition) is 4. The number of hydrogen-bond donors (Lipinski definition) is 1. The standard InChI is InChI=1S/C21H25NO3/c1-21(2,17-11-13-22-14-12-17)25-20(23)16-7-6-10-19(15-16)24-18-8-4-3-5-9-18/h3-10,15,17,22H,11-14H2,1-2H3. The normalized spacial score (nSPS) is 15.6. The lowest BCUT2D eigenvalue weighted by Crippen LogP contribution is -2.42. The Morgan fingerprint density at radius 1 is 1.00 bits per heavy atom. The van der Waals surface area contributed by atoms with E-state index in [2.05, 4.69) is 5.32 Å². The van der Waals surface area contributed by atoms with Crippen LogP contribution in [0.15, 0.2) is 54.6 Å². The zero-order valence-electron chi connectivity index (χ0n) is 14.8. The van der Waals surface area contributed by atoms with Gasteiger partial charge in [-0.15, -0.1) is 0 Å². The highest BCUT2D eigenvalue weighted by molar-refractivity contribution is 5.90. The highest BCUT2D eigenvalue weighted by atomic mass is 16.6. The van der Waals surface area contributed by atoms with Crippen LogP contribution in [0.1, 0.15) is 37.0 Å². The van der Waals surface area contributed by atoms with Crippen LogP contribution in [0.2, 0.25) is 0 Å². The molecule has 25 heavy (non-hydrogen) atoms. The van der Waals surface area contributed by atoms with Crippen molar-refractivity contribution in [2.75, 3.05) is 13.1 Å². The zero-order valence-corrected chi connectivity index (χ0v) is 14.8. The van der Waals surface area contributed by atoms with Crippen molar-refractivity contribution in [2.45, 2.75) is 32.3 Å². The third-order valence-electron chi connectivity index (χ3n) is 4.73. The molecule has 1 N–H and O–H groups in total. The van der Waals surface area contributed by atoms with Crippen molar-refractivity contribution in [3.63, 3.8) is 0 Å². The highest BCUT2D eigenvalue weighted by Gasteiger charge is 2.34. The van der Waals surface area contributed by atoms with E-state index in [4.69, 9.17) is 9.47 Å². The Hall–Kier alpha value is -2.33. The van der Waals surface area contributed by atoms with Crippen LogP contribution in [0.25, 0.3) is 0 Å². The fourth-order valence-electron chi connectivity index (χ4n) is 3.21. The number of piperidine rings is 1. The van der Waals surface area contributed by atoms with Crippen molar-refractivity contribution in [3.8, 4) is 11.5 Å². The topological polar surface area (TPSA) is 47.6 Å². The molecule has 1 saturated heterocycles. The van der Waals surface area contributed by atoms with E-state index >= 15 is 0 Å². The first-order valence-electron chi connectivity index (χ1n) is 8.81. The van der Waals surface area contributed by atoms with E-state index in [0.29, 0.717) is 17.2 Å². The van der Waals surface area contributed by atoms with E-state index in [1.807, 2.05) is 56.3 Å². The second-order valence-electron chi connectivity index (χ2n) is 6.96. The molecule has 1 fully saturated rings. The number of esters is 1. The van der Waals surface area contributed by atoms with E-state index in [1.54, 1.807) is 12.1 Å². The summed E-state index contributed by atoms with van der Waals surface area (Å²) in [6.07, 6.45) is 2.05. The third-order valence-corrected chi connectivity index (χ3v) is 4.73. The molecule has 1 heterocycles. The Bertz CT molecular complexity index is 706. The monoisotopic (exact) mass is 339 g/mol. The molecule has 0 saturated carbocycles. The van der Waals surface area contributed by atoms with Crippen LogP contribution in [-0.2, 0) is 4.74 Å². The Balaban J connectivity index is 1.68. The van der Waals surface area contributed by atoms with Crippen LogP contribution in [0.4, 0.5) is 0 Å². The summed E-state index contributed by atoms with van der Waals surface area (Å²) >= 11 is 0. The summed E-state index contributed by atoms with van der Waals surface area (Å²) < 4.78 is 11.6. The first-order chi connectivity index (χ1) is 12.0. The molecule has 0 amide bonds. The van der Waals surface area contributed by atoms with Gasteiger partial charge in [0.2, 0.25) is 0 Å². The molecule has 0 radical (unpaired) electrons. The summed E-state index contributed by atoms with van der Waals surface area (Å²) in [4.78, 5) is 12.6. The molecule has 0 bridgehead atoms. The number of para-hydroxylation sites is 1. The van der Waals surface area contributed by atoms with Crippen molar-refractivity contribution < 1.29 is 14.3 Å². The van der Waals surface area contributed by atoms with Crippen LogP contribution in [0.5, 0.6) is 11.5 Å². The molecular formula is C21H25NO3. The SMILES string of the molecule is CC(C)(OC(=O)c1cccc(Oc2ccccc2)c1)C1CCNCC1. The second-order valence-corrected chi connectivity index (χ2v) is 6.96. The Morgan fingerprint density at radius 2 is 1.68 bits per heavy atom. The lowest BCUT2D eigenvalue weighted by Gasteiger charge is -2.36. The average molecular weight is 339 g/mol. The number of nitrogens with one attached hydrogen (secondary N) is 1. The van der Waals surface area contributed by atoms with E-state index < -0.39 is 5.60 Å². The van der Waals surface area contributed by atoms with Crippen LogP contribution in [0, 0.1) is 5.92 Å². The van der Waals surface area contributed by atoms with E-state index in [0.717, 1.165) is 31.7 Å². The average Bonchev–Trinajstić information content (AvgIpc) is 2.63. The number of rotatable bonds is 5. The van der Waals surface area contributed by atoms with E-state index in [-0.39, 0.29) is 5.97 Å². The van der Waals surface area contributed by atoms with Gasteiger partial charge in [-0.1, -0.05) is 24.3 Å². The molecule has 4 nitrogen and oxygen atoms in total. The maximum absolute atomic E-state index is 12.6. The van der Waals surface area contributed by atoms with Gasteiger partial charge >= 0.3 is 5.97 Å². The summed E-state index contributed by atoms with van der Waals surface area (Å²) in [6, 6.07) is 16.7. The lowest BCUT2D eigenvalue weighted by molar-refractivity contribution is -0.0368. The molecule has 1 aliphatic rings. The molecule has 132 valence electrons. The highest BCUT2D eigenvalue weighted by Crippen LogP contribution is 2.30.